The van der Waals surface area contributed by atoms with Crippen molar-refractivity contribution in [1.82, 2.24) is 5.32 Å². The highest BCUT2D eigenvalue weighted by molar-refractivity contribution is 7.51. The first-order valence-corrected chi connectivity index (χ1v) is 3.50. The van der Waals surface area contributed by atoms with Crippen molar-refractivity contribution >= 4 is 14.0 Å². The molecule has 3 N–H and O–H groups in total. The van der Waals surface area contributed by atoms with Crippen molar-refractivity contribution in [2.24, 2.45) is 0 Å². The van der Waals surface area contributed by atoms with E-state index in [0.717, 1.165) is 6.41 Å². The Kier molecular flexibility index (Phi) is 2.68. The van der Waals surface area contributed by atoms with Gasteiger partial charge in [-0.2, -0.15) is 0 Å². The molecule has 0 saturated heterocycles. The van der Waals surface area contributed by atoms with Gasteiger partial charge in [0.15, 0.2) is 0 Å². The van der Waals surface area contributed by atoms with E-state index in [9.17, 15) is 9.36 Å². The van der Waals surface area contributed by atoms with Gasteiger partial charge in [-0.15, -0.1) is 0 Å². The Labute approximate surface area is 45.9 Å². The van der Waals surface area contributed by atoms with Crippen molar-refractivity contribution in [2.75, 3.05) is 6.29 Å². The molecule has 47 valence electrons. The highest BCUT2D eigenvalue weighted by Crippen LogP contribution is 2.31. The van der Waals surface area contributed by atoms with Crippen LogP contribution >= 0.6 is 7.60 Å². The highest BCUT2D eigenvalue weighted by atomic mass is 31.2. The van der Waals surface area contributed by atoms with Crippen LogP contribution in [0.2, 0.25) is 0 Å². The molecule has 8 heavy (non-hydrogen) atoms. The predicted molar refractivity (Wildman–Crippen MR) is 25.7 cm³/mol. The van der Waals surface area contributed by atoms with Crippen LogP contribution in [0.25, 0.3) is 0 Å². The highest BCUT2D eigenvalue weighted by Gasteiger charge is 2.09. The average molecular weight is 138 g/mol. The Morgan fingerprint density at radius 1 is 1.62 bits per heavy atom. The van der Waals surface area contributed by atoms with Gasteiger partial charge in [-0.05, 0) is 0 Å². The molecule has 0 spiro atoms. The quantitative estimate of drug-likeness (QED) is 0.337. The molecule has 0 heterocycles. The van der Waals surface area contributed by atoms with Gasteiger partial charge >= 0.3 is 14.0 Å². The maximum atomic E-state index is 9.84. The van der Waals surface area contributed by atoms with E-state index in [2.05, 4.69) is 0 Å². The summed E-state index contributed by atoms with van der Waals surface area (Å²) in [7, 11) is -4.06. The number of amides is 1. The molecule has 0 unspecified atom stereocenters. The third-order valence-corrected chi connectivity index (χ3v) is 0.927. The Balaban J connectivity index is 3.40. The van der Waals surface area contributed by atoms with Crippen molar-refractivity contribution in [3.63, 3.8) is 0 Å². The fourth-order valence-corrected chi connectivity index (χ4v) is 0.406. The lowest BCUT2D eigenvalue weighted by Gasteiger charge is -1.98. The average Bonchev–Trinajstić information content (AvgIpc) is 1.59. The van der Waals surface area contributed by atoms with Gasteiger partial charge in [0, 0.05) is 0 Å². The standard InChI is InChI=1S/C2H5NO4P/c4-1-3-2-8(5,6)7/h2H2,(H,3,4)(H2,5,6,7). The summed E-state index contributed by atoms with van der Waals surface area (Å²) < 4.78 is 9.84. The molecular formula is C2H5NO4P. The molecule has 1 amide bonds. The van der Waals surface area contributed by atoms with Crippen LogP contribution in [0.5, 0.6) is 0 Å². The molecule has 0 saturated carbocycles. The van der Waals surface area contributed by atoms with E-state index in [-0.39, 0.29) is 0 Å². The van der Waals surface area contributed by atoms with Crippen molar-refractivity contribution in [1.29, 1.82) is 0 Å². The van der Waals surface area contributed by atoms with E-state index < -0.39 is 13.9 Å². The molecule has 0 aromatic carbocycles. The maximum absolute atomic E-state index is 9.84. The molecule has 0 rings (SSSR count). The van der Waals surface area contributed by atoms with E-state index in [1.165, 1.54) is 0 Å². The van der Waals surface area contributed by atoms with Crippen LogP contribution in [0.1, 0.15) is 0 Å². The van der Waals surface area contributed by atoms with Gasteiger partial charge in [-0.1, -0.05) is 0 Å². The Hall–Kier alpha value is -0.380. The van der Waals surface area contributed by atoms with Crippen molar-refractivity contribution < 1.29 is 19.1 Å². The van der Waals surface area contributed by atoms with Crippen molar-refractivity contribution in [2.45, 2.75) is 0 Å². The fraction of sp³-hybridized carbons (Fsp3) is 0.500. The van der Waals surface area contributed by atoms with Crippen LogP contribution < -0.4 is 5.32 Å². The SMILES string of the molecule is O=[C]NCP(=O)(O)O. The fourth-order valence-electron chi connectivity index (χ4n) is 0.135. The van der Waals surface area contributed by atoms with Crippen molar-refractivity contribution in [3.8, 4) is 0 Å². The summed E-state index contributed by atoms with van der Waals surface area (Å²) in [4.78, 5) is 25.3. The molecule has 0 aromatic rings. The summed E-state index contributed by atoms with van der Waals surface area (Å²) >= 11 is 0. The number of carbonyl (C=O) groups excluding carboxylic acids is 1. The Bertz CT molecular complexity index is 117. The maximum Gasteiger partial charge on any atom is 0.344 e. The van der Waals surface area contributed by atoms with Gasteiger partial charge < -0.3 is 15.1 Å². The Morgan fingerprint density at radius 3 is 2.25 bits per heavy atom. The first-order chi connectivity index (χ1) is 3.56. The third-order valence-electron chi connectivity index (χ3n) is 0.357. The molecule has 0 fully saturated rings. The van der Waals surface area contributed by atoms with E-state index >= 15 is 0 Å². The summed E-state index contributed by atoms with van der Waals surface area (Å²) in [6.45, 7) is 0. The lowest BCUT2D eigenvalue weighted by molar-refractivity contribution is 0.370. The van der Waals surface area contributed by atoms with Crippen LogP contribution in [0.3, 0.4) is 0 Å². The summed E-state index contributed by atoms with van der Waals surface area (Å²) in [5.74, 6) is 0. The second kappa shape index (κ2) is 2.81. The summed E-state index contributed by atoms with van der Waals surface area (Å²) in [6.07, 6.45) is 0.490. The monoisotopic (exact) mass is 138 g/mol. The van der Waals surface area contributed by atoms with Gasteiger partial charge in [0.05, 0.1) is 0 Å². The van der Waals surface area contributed by atoms with Crippen LogP contribution in [0.15, 0.2) is 0 Å². The lowest BCUT2D eigenvalue weighted by atomic mass is 11.2. The summed E-state index contributed by atoms with van der Waals surface area (Å²) in [5, 5.41) is 1.72. The molecule has 6 heteroatoms. The van der Waals surface area contributed by atoms with Gasteiger partial charge in [0.1, 0.15) is 6.29 Å². The first kappa shape index (κ1) is 7.62. The molecular weight excluding hydrogens is 133 g/mol. The minimum atomic E-state index is -4.06. The van der Waals surface area contributed by atoms with Gasteiger partial charge in [0.2, 0.25) is 0 Å². The van der Waals surface area contributed by atoms with Gasteiger partial charge in [-0.25, -0.2) is 0 Å². The van der Waals surface area contributed by atoms with E-state index in [1.54, 1.807) is 5.32 Å². The largest absolute Gasteiger partial charge is 0.344 e. The van der Waals surface area contributed by atoms with Gasteiger partial charge in [-0.3, -0.25) is 9.36 Å². The van der Waals surface area contributed by atoms with Crippen LogP contribution in [0.4, 0.5) is 0 Å². The molecule has 0 aliphatic heterocycles. The number of rotatable bonds is 3. The van der Waals surface area contributed by atoms with Crippen LogP contribution in [-0.4, -0.2) is 22.5 Å². The minimum absolute atomic E-state index is 0.642. The van der Waals surface area contributed by atoms with Crippen LogP contribution in [0, 0.1) is 0 Å². The molecule has 0 bridgehead atoms. The van der Waals surface area contributed by atoms with Gasteiger partial charge in [0.25, 0.3) is 0 Å². The molecule has 1 radical (unpaired) electrons. The topological polar surface area (TPSA) is 86.6 Å². The molecule has 0 aliphatic rings. The zero-order chi connectivity index (χ0) is 6.62. The smallest absolute Gasteiger partial charge is 0.336 e. The zero-order valence-corrected chi connectivity index (χ0v) is 4.76. The van der Waals surface area contributed by atoms with E-state index in [0.29, 0.717) is 0 Å². The zero-order valence-electron chi connectivity index (χ0n) is 3.87. The number of hydrogen-bond acceptors (Lipinski definition) is 2. The van der Waals surface area contributed by atoms with Crippen molar-refractivity contribution in [3.05, 3.63) is 0 Å². The van der Waals surface area contributed by atoms with E-state index in [1.807, 2.05) is 0 Å². The molecule has 5 nitrogen and oxygen atoms in total. The minimum Gasteiger partial charge on any atom is -0.336 e. The second-order valence-corrected chi connectivity index (χ2v) is 2.75. The number of hydrogen-bond donors (Lipinski definition) is 3. The lowest BCUT2D eigenvalue weighted by Crippen LogP contribution is -2.11. The third kappa shape index (κ3) is 5.62. The first-order valence-electron chi connectivity index (χ1n) is 1.71. The predicted octanol–water partition coefficient (Wildman–Crippen LogP) is -1.22. The number of nitrogens with one attached hydrogen (secondary N) is 1. The molecule has 0 aliphatic carbocycles. The summed E-state index contributed by atoms with van der Waals surface area (Å²) in [6, 6.07) is 0. The normalized spacial score (nSPS) is 10.8. The molecule has 0 atom stereocenters. The molecule has 0 aromatic heterocycles. The summed E-state index contributed by atoms with van der Waals surface area (Å²) in [5.41, 5.74) is 0. The van der Waals surface area contributed by atoms with Crippen LogP contribution in [-0.2, 0) is 9.36 Å². The Morgan fingerprint density at radius 2 is 2.12 bits per heavy atom. The van der Waals surface area contributed by atoms with E-state index in [4.69, 9.17) is 9.79 Å². The second-order valence-electron chi connectivity index (χ2n) is 1.10.